The molecule has 0 N–H and O–H groups in total. The van der Waals surface area contributed by atoms with E-state index in [1.807, 2.05) is 26.0 Å². The number of carbonyl (C=O) groups is 2. The first kappa shape index (κ1) is 15.8. The number of furan rings is 1. The van der Waals surface area contributed by atoms with Gasteiger partial charge in [-0.3, -0.25) is 0 Å². The highest BCUT2D eigenvalue weighted by atomic mass is 16.5. The van der Waals surface area contributed by atoms with Crippen LogP contribution in [-0.4, -0.2) is 19.0 Å². The molecule has 0 aliphatic carbocycles. The lowest BCUT2D eigenvalue weighted by Crippen LogP contribution is -2.07. The van der Waals surface area contributed by atoms with Crippen LogP contribution in [0.5, 0.6) is 0 Å². The number of aryl methyl sites for hydroxylation is 3. The van der Waals surface area contributed by atoms with Gasteiger partial charge in [-0.1, -0.05) is 17.7 Å². The summed E-state index contributed by atoms with van der Waals surface area (Å²) in [7, 11) is 1.30. The minimum absolute atomic E-state index is 0.0377. The second-order valence-electron chi connectivity index (χ2n) is 5.07. The van der Waals surface area contributed by atoms with Crippen molar-refractivity contribution < 1.29 is 23.5 Å². The number of methoxy groups -OCH3 is 1. The van der Waals surface area contributed by atoms with Crippen molar-refractivity contribution in [2.75, 3.05) is 7.11 Å². The monoisotopic (exact) mass is 302 g/mol. The summed E-state index contributed by atoms with van der Waals surface area (Å²) in [6.07, 6.45) is 0. The highest BCUT2D eigenvalue weighted by Crippen LogP contribution is 2.18. The third-order valence-corrected chi connectivity index (χ3v) is 3.32. The predicted molar refractivity (Wildman–Crippen MR) is 79.8 cm³/mol. The Labute approximate surface area is 128 Å². The van der Waals surface area contributed by atoms with Crippen LogP contribution in [0.4, 0.5) is 0 Å². The van der Waals surface area contributed by atoms with Crippen LogP contribution < -0.4 is 0 Å². The first-order valence-electron chi connectivity index (χ1n) is 6.84. The molecular formula is C17H18O5. The fourth-order valence-electron chi connectivity index (χ4n) is 2.18. The summed E-state index contributed by atoms with van der Waals surface area (Å²) in [5, 5.41) is 0. The van der Waals surface area contributed by atoms with E-state index in [0.717, 1.165) is 11.1 Å². The van der Waals surface area contributed by atoms with Gasteiger partial charge < -0.3 is 13.9 Å². The number of hydrogen-bond donors (Lipinski definition) is 0. The van der Waals surface area contributed by atoms with Crippen LogP contribution in [0.15, 0.2) is 28.7 Å². The molecule has 116 valence electrons. The van der Waals surface area contributed by atoms with Gasteiger partial charge in [0.15, 0.2) is 0 Å². The van der Waals surface area contributed by atoms with Crippen molar-refractivity contribution in [3.8, 4) is 0 Å². The van der Waals surface area contributed by atoms with Crippen LogP contribution in [0.2, 0.25) is 0 Å². The maximum atomic E-state index is 12.1. The average Bonchev–Trinajstić information content (AvgIpc) is 2.85. The van der Waals surface area contributed by atoms with Crippen LogP contribution in [-0.2, 0) is 16.1 Å². The van der Waals surface area contributed by atoms with Gasteiger partial charge in [-0.15, -0.1) is 0 Å². The Morgan fingerprint density at radius 3 is 2.41 bits per heavy atom. The molecule has 2 aromatic rings. The predicted octanol–water partition coefficient (Wildman–Crippen LogP) is 3.35. The van der Waals surface area contributed by atoms with Gasteiger partial charge in [-0.2, -0.15) is 0 Å². The molecule has 0 spiro atoms. The molecule has 0 amide bonds. The van der Waals surface area contributed by atoms with Crippen molar-refractivity contribution in [1.29, 1.82) is 0 Å². The summed E-state index contributed by atoms with van der Waals surface area (Å²) in [6, 6.07) is 7.04. The largest absolute Gasteiger partial charge is 0.465 e. The fourth-order valence-corrected chi connectivity index (χ4v) is 2.18. The average molecular weight is 302 g/mol. The number of ether oxygens (including phenoxy) is 2. The van der Waals surface area contributed by atoms with Gasteiger partial charge >= 0.3 is 11.9 Å². The van der Waals surface area contributed by atoms with E-state index in [4.69, 9.17) is 9.15 Å². The zero-order chi connectivity index (χ0) is 16.3. The Morgan fingerprint density at radius 1 is 1.05 bits per heavy atom. The van der Waals surface area contributed by atoms with E-state index in [-0.39, 0.29) is 6.61 Å². The van der Waals surface area contributed by atoms with E-state index >= 15 is 0 Å². The van der Waals surface area contributed by atoms with Gasteiger partial charge in [0, 0.05) is 0 Å². The highest BCUT2D eigenvalue weighted by Gasteiger charge is 2.17. The van der Waals surface area contributed by atoms with Gasteiger partial charge in [-0.05, 0) is 38.5 Å². The molecule has 0 saturated heterocycles. The molecule has 1 aromatic carbocycles. The molecule has 0 fully saturated rings. The quantitative estimate of drug-likeness (QED) is 0.810. The molecule has 1 heterocycles. The zero-order valence-corrected chi connectivity index (χ0v) is 13.1. The topological polar surface area (TPSA) is 65.7 Å². The Morgan fingerprint density at radius 2 is 1.77 bits per heavy atom. The molecule has 0 bridgehead atoms. The van der Waals surface area contributed by atoms with E-state index in [0.29, 0.717) is 22.6 Å². The Bertz CT molecular complexity index is 712. The summed E-state index contributed by atoms with van der Waals surface area (Å²) < 4.78 is 15.3. The number of carbonyl (C=O) groups excluding carboxylic acids is 2. The fraction of sp³-hybridized carbons (Fsp3) is 0.294. The molecule has 0 atom stereocenters. The van der Waals surface area contributed by atoms with Gasteiger partial charge in [0.25, 0.3) is 0 Å². The minimum atomic E-state index is -0.479. The van der Waals surface area contributed by atoms with Gasteiger partial charge in [0.05, 0.1) is 12.7 Å². The van der Waals surface area contributed by atoms with Gasteiger partial charge in [0.2, 0.25) is 0 Å². The third-order valence-electron chi connectivity index (χ3n) is 3.32. The zero-order valence-electron chi connectivity index (χ0n) is 13.1. The third kappa shape index (κ3) is 3.36. The highest BCUT2D eigenvalue weighted by molar-refractivity contribution is 5.91. The van der Waals surface area contributed by atoms with Crippen LogP contribution in [0.25, 0.3) is 0 Å². The molecule has 0 radical (unpaired) electrons. The van der Waals surface area contributed by atoms with Crippen LogP contribution in [0, 0.1) is 20.8 Å². The van der Waals surface area contributed by atoms with Crippen molar-refractivity contribution in [2.45, 2.75) is 27.4 Å². The first-order chi connectivity index (χ1) is 10.4. The molecule has 2 rings (SSSR count). The van der Waals surface area contributed by atoms with E-state index in [1.165, 1.54) is 13.2 Å². The minimum Gasteiger partial charge on any atom is -0.465 e. The Hall–Kier alpha value is -2.56. The van der Waals surface area contributed by atoms with Crippen molar-refractivity contribution in [1.82, 2.24) is 0 Å². The first-order valence-corrected chi connectivity index (χ1v) is 6.84. The van der Waals surface area contributed by atoms with E-state index in [9.17, 15) is 9.59 Å². The molecule has 0 aliphatic rings. The normalized spacial score (nSPS) is 10.4. The van der Waals surface area contributed by atoms with Gasteiger partial charge in [-0.25, -0.2) is 9.59 Å². The number of benzene rings is 1. The molecule has 0 saturated carbocycles. The smallest absolute Gasteiger partial charge is 0.341 e. The van der Waals surface area contributed by atoms with Crippen LogP contribution >= 0.6 is 0 Å². The maximum absolute atomic E-state index is 12.1. The van der Waals surface area contributed by atoms with Crippen molar-refractivity contribution in [3.05, 3.63) is 58.0 Å². The Balaban J connectivity index is 2.07. The van der Waals surface area contributed by atoms with E-state index in [1.54, 1.807) is 13.0 Å². The van der Waals surface area contributed by atoms with Crippen LogP contribution in [0.1, 0.15) is 43.4 Å². The second-order valence-corrected chi connectivity index (χ2v) is 5.07. The number of rotatable bonds is 4. The molecular weight excluding hydrogens is 284 g/mol. The summed E-state index contributed by atoms with van der Waals surface area (Å²) in [6.45, 7) is 5.43. The number of hydrogen-bond acceptors (Lipinski definition) is 5. The summed E-state index contributed by atoms with van der Waals surface area (Å²) in [4.78, 5) is 23.6. The van der Waals surface area contributed by atoms with E-state index in [2.05, 4.69) is 4.74 Å². The summed E-state index contributed by atoms with van der Waals surface area (Å²) in [5.41, 5.74) is 2.79. The number of esters is 2. The van der Waals surface area contributed by atoms with E-state index < -0.39 is 11.9 Å². The lowest BCUT2D eigenvalue weighted by Gasteiger charge is -2.06. The lowest BCUT2D eigenvalue weighted by atomic mass is 10.1. The molecule has 0 aliphatic heterocycles. The summed E-state index contributed by atoms with van der Waals surface area (Å²) in [5.74, 6) is -0.0696. The van der Waals surface area contributed by atoms with Crippen LogP contribution in [0.3, 0.4) is 0 Å². The summed E-state index contributed by atoms with van der Waals surface area (Å²) >= 11 is 0. The SMILES string of the molecule is COC(=O)c1cc(COC(=O)c2ccc(C)cc2C)oc1C. The van der Waals surface area contributed by atoms with Crippen molar-refractivity contribution in [2.24, 2.45) is 0 Å². The van der Waals surface area contributed by atoms with Crippen molar-refractivity contribution >= 4 is 11.9 Å². The molecule has 22 heavy (non-hydrogen) atoms. The molecule has 5 nitrogen and oxygen atoms in total. The molecule has 5 heteroatoms. The lowest BCUT2D eigenvalue weighted by molar-refractivity contribution is 0.0443. The Kier molecular flexibility index (Phi) is 4.65. The van der Waals surface area contributed by atoms with Crippen molar-refractivity contribution in [3.63, 3.8) is 0 Å². The molecule has 0 unspecified atom stereocenters. The standard InChI is InChI=1S/C17H18O5/c1-10-5-6-14(11(2)7-10)17(19)21-9-13-8-15(12(3)22-13)16(18)20-4/h5-8H,9H2,1-4H3. The molecule has 1 aromatic heterocycles. The maximum Gasteiger partial charge on any atom is 0.341 e. The van der Waals surface area contributed by atoms with Gasteiger partial charge in [0.1, 0.15) is 23.7 Å². The second kappa shape index (κ2) is 6.47.